The van der Waals surface area contributed by atoms with Gasteiger partial charge >= 0.3 is 5.97 Å². The molecule has 0 heterocycles. The average Bonchev–Trinajstić information content (AvgIpc) is 2.53. The first-order chi connectivity index (χ1) is 10.2. The Morgan fingerprint density at radius 1 is 1.24 bits per heavy atom. The third-order valence-electron chi connectivity index (χ3n) is 3.30. The monoisotopic (exact) mass is 280 g/mol. The van der Waals surface area contributed by atoms with Gasteiger partial charge < -0.3 is 10.0 Å². The van der Waals surface area contributed by atoms with E-state index in [1.54, 1.807) is 6.07 Å². The Kier molecular flexibility index (Phi) is 4.57. The summed E-state index contributed by atoms with van der Waals surface area (Å²) in [5, 5.41) is 18.3. The van der Waals surface area contributed by atoms with E-state index in [1.807, 2.05) is 37.3 Å². The topological polar surface area (TPSA) is 64.3 Å². The molecule has 4 nitrogen and oxygen atoms in total. The molecule has 0 aliphatic heterocycles. The number of anilines is 1. The van der Waals surface area contributed by atoms with Gasteiger partial charge in [0.25, 0.3) is 0 Å². The molecule has 4 heteroatoms. The lowest BCUT2D eigenvalue weighted by Crippen LogP contribution is -2.23. The van der Waals surface area contributed by atoms with Gasteiger partial charge in [0.05, 0.1) is 16.8 Å². The lowest BCUT2D eigenvalue weighted by molar-refractivity contribution is 0.0697. The summed E-state index contributed by atoms with van der Waals surface area (Å²) in [6.45, 7) is 3.42. The third-order valence-corrected chi connectivity index (χ3v) is 3.30. The number of hydrogen-bond donors (Lipinski definition) is 1. The maximum atomic E-state index is 11.0. The van der Waals surface area contributed by atoms with Crippen molar-refractivity contribution in [3.63, 3.8) is 0 Å². The molecule has 0 saturated heterocycles. The Hall–Kier alpha value is -2.80. The zero-order valence-electron chi connectivity index (χ0n) is 11.8. The molecule has 0 fully saturated rings. The number of benzene rings is 2. The lowest BCUT2D eigenvalue weighted by Gasteiger charge is -2.24. The summed E-state index contributed by atoms with van der Waals surface area (Å²) in [4.78, 5) is 13.0. The summed E-state index contributed by atoms with van der Waals surface area (Å²) in [6.07, 6.45) is 0. The van der Waals surface area contributed by atoms with Crippen LogP contribution in [0.3, 0.4) is 0 Å². The largest absolute Gasteiger partial charge is 0.478 e. The molecule has 0 saturated carbocycles. The number of carboxylic acid groups (broad SMARTS) is 1. The van der Waals surface area contributed by atoms with Gasteiger partial charge in [0.2, 0.25) is 0 Å². The van der Waals surface area contributed by atoms with Gasteiger partial charge in [-0.05, 0) is 30.7 Å². The van der Waals surface area contributed by atoms with E-state index in [2.05, 4.69) is 11.0 Å². The Labute approximate surface area is 123 Å². The van der Waals surface area contributed by atoms with Crippen LogP contribution in [0, 0.1) is 11.3 Å². The van der Waals surface area contributed by atoms with Gasteiger partial charge in [0.15, 0.2) is 0 Å². The second-order valence-corrected chi connectivity index (χ2v) is 4.65. The lowest BCUT2D eigenvalue weighted by atomic mass is 10.1. The molecular formula is C17H16N2O2. The van der Waals surface area contributed by atoms with E-state index in [0.29, 0.717) is 12.1 Å². The van der Waals surface area contributed by atoms with Crippen LogP contribution < -0.4 is 4.90 Å². The normalized spacial score (nSPS) is 9.90. The summed E-state index contributed by atoms with van der Waals surface area (Å²) in [7, 11) is 0. The maximum absolute atomic E-state index is 11.0. The fraction of sp³-hybridized carbons (Fsp3) is 0.176. The smallest absolute Gasteiger partial charge is 0.335 e. The molecule has 0 aliphatic rings. The average molecular weight is 280 g/mol. The van der Waals surface area contributed by atoms with Crippen molar-refractivity contribution in [1.82, 2.24) is 0 Å². The van der Waals surface area contributed by atoms with Gasteiger partial charge in [-0.3, -0.25) is 0 Å². The van der Waals surface area contributed by atoms with Gasteiger partial charge in [0.1, 0.15) is 6.07 Å². The summed E-state index contributed by atoms with van der Waals surface area (Å²) < 4.78 is 0. The van der Waals surface area contributed by atoms with Crippen LogP contribution in [0.15, 0.2) is 48.5 Å². The molecule has 0 radical (unpaired) electrons. The molecule has 0 unspecified atom stereocenters. The number of hydrogen-bond acceptors (Lipinski definition) is 3. The van der Waals surface area contributed by atoms with E-state index in [-0.39, 0.29) is 5.56 Å². The molecule has 21 heavy (non-hydrogen) atoms. The summed E-state index contributed by atoms with van der Waals surface area (Å²) >= 11 is 0. The van der Waals surface area contributed by atoms with E-state index in [9.17, 15) is 10.1 Å². The molecule has 0 spiro atoms. The number of nitrogens with zero attached hydrogens (tertiary/aromatic N) is 2. The summed E-state index contributed by atoms with van der Waals surface area (Å²) in [6, 6.07) is 16.7. The molecule has 2 rings (SSSR count). The summed E-state index contributed by atoms with van der Waals surface area (Å²) in [5.74, 6) is -1.02. The number of carboxylic acids is 1. The predicted molar refractivity (Wildman–Crippen MR) is 81.3 cm³/mol. The Morgan fingerprint density at radius 2 is 1.95 bits per heavy atom. The fourth-order valence-electron chi connectivity index (χ4n) is 2.21. The minimum atomic E-state index is -1.02. The van der Waals surface area contributed by atoms with E-state index in [1.165, 1.54) is 12.1 Å². The van der Waals surface area contributed by atoms with Crippen LogP contribution >= 0.6 is 0 Å². The van der Waals surface area contributed by atoms with Crippen molar-refractivity contribution in [3.8, 4) is 6.07 Å². The molecule has 0 bridgehead atoms. The van der Waals surface area contributed by atoms with Crippen molar-refractivity contribution in [2.24, 2.45) is 0 Å². The molecule has 2 aromatic carbocycles. The van der Waals surface area contributed by atoms with Crippen LogP contribution in [0.1, 0.15) is 28.4 Å². The highest BCUT2D eigenvalue weighted by molar-refractivity contribution is 5.89. The highest BCUT2D eigenvalue weighted by atomic mass is 16.4. The minimum Gasteiger partial charge on any atom is -0.478 e. The standard InChI is InChI=1S/C17H16N2O2/c1-2-19(12-13-6-4-3-5-7-13)16-9-8-14(17(20)21)10-15(16)11-18/h3-10H,2,12H2,1H3,(H,20,21). The first-order valence-electron chi connectivity index (χ1n) is 6.72. The Morgan fingerprint density at radius 3 is 2.52 bits per heavy atom. The Balaban J connectivity index is 2.34. The van der Waals surface area contributed by atoms with E-state index in [4.69, 9.17) is 5.11 Å². The molecule has 2 aromatic rings. The van der Waals surface area contributed by atoms with Crippen molar-refractivity contribution in [2.75, 3.05) is 11.4 Å². The van der Waals surface area contributed by atoms with Crippen molar-refractivity contribution < 1.29 is 9.90 Å². The van der Waals surface area contributed by atoms with Crippen molar-refractivity contribution >= 4 is 11.7 Å². The van der Waals surface area contributed by atoms with Crippen LogP contribution in [0.5, 0.6) is 0 Å². The quantitative estimate of drug-likeness (QED) is 0.912. The number of rotatable bonds is 5. The third kappa shape index (κ3) is 3.40. The molecule has 106 valence electrons. The first kappa shape index (κ1) is 14.6. The van der Waals surface area contributed by atoms with E-state index < -0.39 is 5.97 Å². The number of nitriles is 1. The van der Waals surface area contributed by atoms with Crippen LogP contribution in [-0.2, 0) is 6.54 Å². The predicted octanol–water partition coefficient (Wildman–Crippen LogP) is 3.28. The van der Waals surface area contributed by atoms with Gasteiger partial charge in [0, 0.05) is 13.1 Å². The molecule has 1 N–H and O–H groups in total. The molecule has 0 aliphatic carbocycles. The van der Waals surface area contributed by atoms with Crippen molar-refractivity contribution in [1.29, 1.82) is 5.26 Å². The zero-order chi connectivity index (χ0) is 15.2. The van der Waals surface area contributed by atoms with Crippen LogP contribution in [0.2, 0.25) is 0 Å². The van der Waals surface area contributed by atoms with Gasteiger partial charge in [-0.15, -0.1) is 0 Å². The highest BCUT2D eigenvalue weighted by Crippen LogP contribution is 2.23. The molecular weight excluding hydrogens is 264 g/mol. The number of aromatic carboxylic acids is 1. The van der Waals surface area contributed by atoms with Crippen molar-refractivity contribution in [2.45, 2.75) is 13.5 Å². The second-order valence-electron chi connectivity index (χ2n) is 4.65. The first-order valence-corrected chi connectivity index (χ1v) is 6.72. The van der Waals surface area contributed by atoms with Crippen LogP contribution in [-0.4, -0.2) is 17.6 Å². The molecule has 0 aromatic heterocycles. The highest BCUT2D eigenvalue weighted by Gasteiger charge is 2.13. The van der Waals surface area contributed by atoms with Gasteiger partial charge in [-0.2, -0.15) is 5.26 Å². The molecule has 0 amide bonds. The van der Waals surface area contributed by atoms with Crippen LogP contribution in [0.4, 0.5) is 5.69 Å². The van der Waals surface area contributed by atoms with E-state index >= 15 is 0 Å². The SMILES string of the molecule is CCN(Cc1ccccc1)c1ccc(C(=O)O)cc1C#N. The van der Waals surface area contributed by atoms with Crippen LogP contribution in [0.25, 0.3) is 0 Å². The Bertz CT molecular complexity index is 675. The van der Waals surface area contributed by atoms with E-state index in [0.717, 1.165) is 17.8 Å². The minimum absolute atomic E-state index is 0.131. The zero-order valence-corrected chi connectivity index (χ0v) is 11.8. The fourth-order valence-corrected chi connectivity index (χ4v) is 2.21. The van der Waals surface area contributed by atoms with Gasteiger partial charge in [-0.1, -0.05) is 30.3 Å². The number of carbonyl (C=O) groups is 1. The van der Waals surface area contributed by atoms with Gasteiger partial charge in [-0.25, -0.2) is 4.79 Å². The summed E-state index contributed by atoms with van der Waals surface area (Å²) in [5.41, 5.74) is 2.41. The maximum Gasteiger partial charge on any atom is 0.335 e. The molecule has 0 atom stereocenters. The van der Waals surface area contributed by atoms with Crippen molar-refractivity contribution in [3.05, 3.63) is 65.2 Å². The second kappa shape index (κ2) is 6.58.